The third-order valence-corrected chi connectivity index (χ3v) is 4.04. The van der Waals surface area contributed by atoms with E-state index < -0.39 is 9.84 Å². The van der Waals surface area contributed by atoms with Gasteiger partial charge in [-0.2, -0.15) is 0 Å². The van der Waals surface area contributed by atoms with Crippen LogP contribution in [0.4, 0.5) is 0 Å². The van der Waals surface area contributed by atoms with E-state index in [-0.39, 0.29) is 18.0 Å². The Hall–Kier alpha value is -0.200. The molecule has 0 aromatic carbocycles. The lowest BCUT2D eigenvalue weighted by Crippen LogP contribution is -2.08. The normalized spacial score (nSPS) is 11.6. The highest BCUT2D eigenvalue weighted by Gasteiger charge is 2.11. The van der Waals surface area contributed by atoms with E-state index in [1.807, 2.05) is 0 Å². The van der Waals surface area contributed by atoms with Crippen molar-refractivity contribution in [2.75, 3.05) is 12.0 Å². The number of sulfone groups is 1. The van der Waals surface area contributed by atoms with Crippen LogP contribution in [0.3, 0.4) is 0 Å². The maximum absolute atomic E-state index is 11.4. The van der Waals surface area contributed by atoms with Gasteiger partial charge in [0.2, 0.25) is 0 Å². The second kappa shape index (κ2) is 4.55. The fourth-order valence-corrected chi connectivity index (χ4v) is 2.60. The Balaban J connectivity index is 2.60. The molecule has 0 atom stereocenters. The van der Waals surface area contributed by atoms with Crippen LogP contribution in [0.2, 0.25) is 0 Å². The summed E-state index contributed by atoms with van der Waals surface area (Å²) >= 11 is 4.65. The fraction of sp³-hybridized carbons (Fsp3) is 0.375. The summed E-state index contributed by atoms with van der Waals surface area (Å²) in [5.41, 5.74) is 0.575. The molecule has 1 aromatic heterocycles. The Morgan fingerprint density at radius 3 is 2.64 bits per heavy atom. The molecule has 0 aliphatic carbocycles. The van der Waals surface area contributed by atoms with Crippen molar-refractivity contribution in [2.24, 2.45) is 0 Å². The molecule has 3 nitrogen and oxygen atoms in total. The van der Waals surface area contributed by atoms with E-state index in [9.17, 15) is 13.2 Å². The van der Waals surface area contributed by atoms with Crippen LogP contribution in [0.5, 0.6) is 0 Å². The SMILES string of the molecule is CS(=O)(=O)CCC(=O)c1csc(Br)c1. The van der Waals surface area contributed by atoms with Gasteiger partial charge in [-0.3, -0.25) is 4.79 Å². The van der Waals surface area contributed by atoms with E-state index in [0.29, 0.717) is 5.56 Å². The fourth-order valence-electron chi connectivity index (χ4n) is 0.879. The van der Waals surface area contributed by atoms with Gasteiger partial charge in [0.15, 0.2) is 5.78 Å². The minimum atomic E-state index is -3.05. The molecular weight excluding hydrogens is 288 g/mol. The van der Waals surface area contributed by atoms with Crippen molar-refractivity contribution in [1.82, 2.24) is 0 Å². The smallest absolute Gasteiger partial charge is 0.164 e. The average molecular weight is 297 g/mol. The number of carbonyl (C=O) groups excluding carboxylic acids is 1. The van der Waals surface area contributed by atoms with Crippen molar-refractivity contribution in [3.05, 3.63) is 20.8 Å². The molecule has 6 heteroatoms. The molecule has 0 spiro atoms. The molecule has 78 valence electrons. The van der Waals surface area contributed by atoms with Crippen LogP contribution >= 0.6 is 27.3 Å². The maximum Gasteiger partial charge on any atom is 0.164 e. The van der Waals surface area contributed by atoms with Crippen molar-refractivity contribution in [1.29, 1.82) is 0 Å². The first kappa shape index (κ1) is 11.9. The van der Waals surface area contributed by atoms with E-state index in [2.05, 4.69) is 15.9 Å². The molecule has 14 heavy (non-hydrogen) atoms. The minimum absolute atomic E-state index is 0.0575. The topological polar surface area (TPSA) is 51.2 Å². The summed E-state index contributed by atoms with van der Waals surface area (Å²) in [4.78, 5) is 11.4. The van der Waals surface area contributed by atoms with Crippen LogP contribution < -0.4 is 0 Å². The Morgan fingerprint density at radius 2 is 2.21 bits per heavy atom. The number of rotatable bonds is 4. The molecule has 0 amide bonds. The highest BCUT2D eigenvalue weighted by molar-refractivity contribution is 9.11. The standard InChI is InChI=1S/C8H9BrO3S2/c1-14(11,12)3-2-7(10)6-4-8(9)13-5-6/h4-5H,2-3H2,1H3. The molecule has 0 fully saturated rings. The van der Waals surface area contributed by atoms with Crippen molar-refractivity contribution >= 4 is 42.9 Å². The zero-order valence-corrected chi connectivity index (χ0v) is 10.7. The molecule has 0 N–H and O–H groups in total. The van der Waals surface area contributed by atoms with Gasteiger partial charge in [0.25, 0.3) is 0 Å². The van der Waals surface area contributed by atoms with Gasteiger partial charge in [0.1, 0.15) is 9.84 Å². The average Bonchev–Trinajstić information content (AvgIpc) is 2.46. The zero-order chi connectivity index (χ0) is 10.8. The highest BCUT2D eigenvalue weighted by atomic mass is 79.9. The van der Waals surface area contributed by atoms with Gasteiger partial charge in [0, 0.05) is 23.6 Å². The monoisotopic (exact) mass is 296 g/mol. The van der Waals surface area contributed by atoms with Crippen molar-refractivity contribution in [3.8, 4) is 0 Å². The van der Waals surface area contributed by atoms with E-state index >= 15 is 0 Å². The van der Waals surface area contributed by atoms with Gasteiger partial charge in [0.05, 0.1) is 9.54 Å². The first-order valence-electron chi connectivity index (χ1n) is 3.83. The van der Waals surface area contributed by atoms with Gasteiger partial charge in [-0.05, 0) is 22.0 Å². The quantitative estimate of drug-likeness (QED) is 0.800. The number of thiophene rings is 1. The van der Waals surface area contributed by atoms with Crippen molar-refractivity contribution < 1.29 is 13.2 Å². The lowest BCUT2D eigenvalue weighted by atomic mass is 10.2. The van der Waals surface area contributed by atoms with Crippen LogP contribution in [0.15, 0.2) is 15.2 Å². The van der Waals surface area contributed by atoms with Gasteiger partial charge in [-0.1, -0.05) is 0 Å². The predicted molar refractivity (Wildman–Crippen MR) is 60.7 cm³/mol. The molecule has 0 saturated heterocycles. The molecular formula is C8H9BrO3S2. The number of halogens is 1. The molecule has 1 heterocycles. The van der Waals surface area contributed by atoms with E-state index in [1.165, 1.54) is 11.3 Å². The molecule has 0 radical (unpaired) electrons. The molecule has 1 aromatic rings. The third-order valence-electron chi connectivity index (χ3n) is 1.59. The summed E-state index contributed by atoms with van der Waals surface area (Å²) in [6.45, 7) is 0. The van der Waals surface area contributed by atoms with E-state index in [1.54, 1.807) is 11.4 Å². The first-order chi connectivity index (χ1) is 6.38. The van der Waals surface area contributed by atoms with Crippen LogP contribution in [0.1, 0.15) is 16.8 Å². The summed E-state index contributed by atoms with van der Waals surface area (Å²) < 4.78 is 22.5. The second-order valence-corrected chi connectivity index (χ2v) is 7.49. The van der Waals surface area contributed by atoms with Gasteiger partial charge >= 0.3 is 0 Å². The van der Waals surface area contributed by atoms with Crippen LogP contribution in [0.25, 0.3) is 0 Å². The summed E-state index contributed by atoms with van der Waals surface area (Å²) in [7, 11) is -3.05. The lowest BCUT2D eigenvalue weighted by molar-refractivity contribution is 0.0989. The first-order valence-corrected chi connectivity index (χ1v) is 7.57. The van der Waals surface area contributed by atoms with Crippen molar-refractivity contribution in [2.45, 2.75) is 6.42 Å². The number of Topliss-reactive ketones (excluding diaryl/α,β-unsaturated/α-hetero) is 1. The Bertz CT molecular complexity index is 433. The molecule has 0 aliphatic heterocycles. The largest absolute Gasteiger partial charge is 0.294 e. The van der Waals surface area contributed by atoms with Crippen LogP contribution in [-0.2, 0) is 9.84 Å². The highest BCUT2D eigenvalue weighted by Crippen LogP contribution is 2.21. The summed E-state index contributed by atoms with van der Waals surface area (Å²) in [5, 5.41) is 1.72. The van der Waals surface area contributed by atoms with Crippen LogP contribution in [-0.4, -0.2) is 26.2 Å². The summed E-state index contributed by atoms with van der Waals surface area (Å²) in [6.07, 6.45) is 1.19. The minimum Gasteiger partial charge on any atom is -0.294 e. The lowest BCUT2D eigenvalue weighted by Gasteiger charge is -1.96. The molecule has 0 saturated carbocycles. The molecule has 1 rings (SSSR count). The Labute approximate surface area is 95.2 Å². The molecule has 0 bridgehead atoms. The Kier molecular flexibility index (Phi) is 3.86. The van der Waals surface area contributed by atoms with E-state index in [4.69, 9.17) is 0 Å². The zero-order valence-electron chi connectivity index (χ0n) is 7.49. The molecule has 0 unspecified atom stereocenters. The van der Waals surface area contributed by atoms with Gasteiger partial charge in [-0.15, -0.1) is 11.3 Å². The predicted octanol–water partition coefficient (Wildman–Crippen LogP) is 2.13. The van der Waals surface area contributed by atoms with E-state index in [0.717, 1.165) is 10.0 Å². The van der Waals surface area contributed by atoms with Crippen molar-refractivity contribution in [3.63, 3.8) is 0 Å². The maximum atomic E-state index is 11.4. The van der Waals surface area contributed by atoms with Crippen LogP contribution in [0, 0.1) is 0 Å². The number of hydrogen-bond acceptors (Lipinski definition) is 4. The number of carbonyl (C=O) groups is 1. The van der Waals surface area contributed by atoms with Gasteiger partial charge < -0.3 is 0 Å². The summed E-state index contributed by atoms with van der Waals surface area (Å²) in [5.74, 6) is -0.211. The molecule has 0 aliphatic rings. The van der Waals surface area contributed by atoms with Gasteiger partial charge in [-0.25, -0.2) is 8.42 Å². The Morgan fingerprint density at radius 1 is 1.57 bits per heavy atom. The third kappa shape index (κ3) is 3.89. The number of ketones is 1. The summed E-state index contributed by atoms with van der Waals surface area (Å²) in [6, 6.07) is 1.70. The number of hydrogen-bond donors (Lipinski definition) is 0. The second-order valence-electron chi connectivity index (χ2n) is 2.94.